The Morgan fingerprint density at radius 3 is 2.65 bits per heavy atom. The van der Waals surface area contributed by atoms with Crippen LogP contribution in [-0.4, -0.2) is 19.4 Å². The second-order valence-electron chi connectivity index (χ2n) is 4.29. The van der Waals surface area contributed by atoms with Crippen molar-refractivity contribution in [2.24, 2.45) is 0 Å². The molecule has 0 amide bonds. The zero-order valence-corrected chi connectivity index (χ0v) is 12.1. The van der Waals surface area contributed by atoms with Crippen molar-refractivity contribution in [3.05, 3.63) is 33.9 Å². The summed E-state index contributed by atoms with van der Waals surface area (Å²) in [5.41, 5.74) is -0.113. The number of rotatable bonds is 6. The molecule has 0 radical (unpaired) electrons. The normalized spacial score (nSPS) is 12.7. The molecule has 1 aromatic carbocycles. The van der Waals surface area contributed by atoms with Gasteiger partial charge in [0.2, 0.25) is 10.0 Å². The van der Waals surface area contributed by atoms with Gasteiger partial charge in [0, 0.05) is 24.1 Å². The zero-order chi connectivity index (χ0) is 15.3. The fraction of sp³-hybridized carbons (Fsp3) is 0.385. The Hall–Kier alpha value is -1.91. The highest BCUT2D eigenvalue weighted by molar-refractivity contribution is 7.89. The summed E-state index contributed by atoms with van der Waals surface area (Å²) in [6, 6.07) is 3.58. The minimum Gasteiger partial charge on any atom is -0.258 e. The van der Waals surface area contributed by atoms with E-state index in [-0.39, 0.29) is 28.6 Å². The first-order chi connectivity index (χ1) is 9.33. The second-order valence-corrected chi connectivity index (χ2v) is 5.97. The van der Waals surface area contributed by atoms with E-state index in [2.05, 4.69) is 10.6 Å². The van der Waals surface area contributed by atoms with Crippen LogP contribution in [-0.2, 0) is 10.0 Å². The number of hydrogen-bond acceptors (Lipinski definition) is 4. The minimum absolute atomic E-state index is 0.0952. The second kappa shape index (κ2) is 6.50. The van der Waals surface area contributed by atoms with Gasteiger partial charge >= 0.3 is 0 Å². The van der Waals surface area contributed by atoms with Crippen LogP contribution in [0, 0.1) is 29.4 Å². The molecule has 0 saturated carbocycles. The highest BCUT2D eigenvalue weighted by atomic mass is 32.2. The van der Waals surface area contributed by atoms with E-state index in [1.807, 2.05) is 6.92 Å². The number of hydrogen-bond donors (Lipinski definition) is 1. The summed E-state index contributed by atoms with van der Waals surface area (Å²) < 4.78 is 27.0. The van der Waals surface area contributed by atoms with Crippen LogP contribution in [0.4, 0.5) is 5.69 Å². The number of nitro benzene ring substituents is 1. The molecule has 0 aliphatic carbocycles. The summed E-state index contributed by atoms with van der Waals surface area (Å²) >= 11 is 0. The van der Waals surface area contributed by atoms with Crippen LogP contribution in [0.25, 0.3) is 0 Å². The topological polar surface area (TPSA) is 89.3 Å². The smallest absolute Gasteiger partial charge is 0.258 e. The minimum atomic E-state index is -3.83. The van der Waals surface area contributed by atoms with E-state index in [4.69, 9.17) is 6.42 Å². The standard InChI is InChI=1S/C13H16N2O4S/c1-4-7-11(5-2)14-20(18,19)13-9-6-8-12(10(13)3)15(16)17/h1,6,8-9,11,14H,5,7H2,2-3H3. The van der Waals surface area contributed by atoms with Crippen molar-refractivity contribution in [3.63, 3.8) is 0 Å². The summed E-state index contributed by atoms with van der Waals surface area (Å²) in [6.45, 7) is 3.22. The average molecular weight is 296 g/mol. The molecule has 1 unspecified atom stereocenters. The van der Waals surface area contributed by atoms with Crippen LogP contribution in [0.1, 0.15) is 25.3 Å². The molecule has 6 nitrogen and oxygen atoms in total. The van der Waals surface area contributed by atoms with Gasteiger partial charge in [-0.15, -0.1) is 12.3 Å². The summed E-state index contributed by atoms with van der Waals surface area (Å²) in [4.78, 5) is 10.1. The molecule has 0 aliphatic rings. The van der Waals surface area contributed by atoms with Gasteiger partial charge in [-0.1, -0.05) is 13.0 Å². The SMILES string of the molecule is C#CCC(CC)NS(=O)(=O)c1cccc([N+](=O)[O-])c1C. The van der Waals surface area contributed by atoms with Gasteiger partial charge in [0.05, 0.1) is 9.82 Å². The van der Waals surface area contributed by atoms with Crippen molar-refractivity contribution in [3.8, 4) is 12.3 Å². The van der Waals surface area contributed by atoms with E-state index in [1.165, 1.54) is 25.1 Å². The summed E-state index contributed by atoms with van der Waals surface area (Å²) in [6.07, 6.45) is 5.99. The molecule has 108 valence electrons. The van der Waals surface area contributed by atoms with Crippen molar-refractivity contribution >= 4 is 15.7 Å². The zero-order valence-electron chi connectivity index (χ0n) is 11.3. The van der Waals surface area contributed by atoms with E-state index < -0.39 is 14.9 Å². The number of terminal acetylenes is 1. The summed E-state index contributed by atoms with van der Waals surface area (Å²) in [5, 5.41) is 10.8. The number of nitro groups is 1. The first-order valence-corrected chi connectivity index (χ1v) is 7.51. The molecular weight excluding hydrogens is 280 g/mol. The van der Waals surface area contributed by atoms with E-state index in [9.17, 15) is 18.5 Å². The lowest BCUT2D eigenvalue weighted by molar-refractivity contribution is -0.385. The van der Waals surface area contributed by atoms with E-state index in [0.717, 1.165) is 0 Å². The van der Waals surface area contributed by atoms with Gasteiger partial charge in [-0.2, -0.15) is 0 Å². The van der Waals surface area contributed by atoms with Gasteiger partial charge in [-0.05, 0) is 19.4 Å². The van der Waals surface area contributed by atoms with Gasteiger partial charge in [-0.25, -0.2) is 13.1 Å². The Labute approximate surface area is 118 Å². The Bertz CT molecular complexity index is 647. The van der Waals surface area contributed by atoms with Crippen molar-refractivity contribution in [1.82, 2.24) is 4.72 Å². The van der Waals surface area contributed by atoms with Gasteiger partial charge in [-0.3, -0.25) is 10.1 Å². The van der Waals surface area contributed by atoms with Crippen LogP contribution < -0.4 is 4.72 Å². The quantitative estimate of drug-likeness (QED) is 0.494. The fourth-order valence-corrected chi connectivity index (χ4v) is 3.37. The van der Waals surface area contributed by atoms with E-state index in [1.54, 1.807) is 0 Å². The predicted octanol–water partition coefficient (Wildman–Crippen LogP) is 1.98. The molecule has 20 heavy (non-hydrogen) atoms. The lowest BCUT2D eigenvalue weighted by atomic mass is 10.2. The van der Waals surface area contributed by atoms with Crippen molar-refractivity contribution < 1.29 is 13.3 Å². The monoisotopic (exact) mass is 296 g/mol. The molecular formula is C13H16N2O4S. The summed E-state index contributed by atoms with van der Waals surface area (Å²) in [5.74, 6) is 2.40. The molecule has 0 aromatic heterocycles. The van der Waals surface area contributed by atoms with Crippen LogP contribution in [0.15, 0.2) is 23.1 Å². The maximum atomic E-state index is 12.3. The molecule has 0 aliphatic heterocycles. The molecule has 0 bridgehead atoms. The first-order valence-electron chi connectivity index (χ1n) is 6.03. The number of sulfonamides is 1. The lowest BCUT2D eigenvalue weighted by Gasteiger charge is -2.15. The predicted molar refractivity (Wildman–Crippen MR) is 75.7 cm³/mol. The third-order valence-electron chi connectivity index (χ3n) is 2.92. The summed E-state index contributed by atoms with van der Waals surface area (Å²) in [7, 11) is -3.83. The number of benzene rings is 1. The Balaban J connectivity index is 3.20. The van der Waals surface area contributed by atoms with Crippen LogP contribution in [0.3, 0.4) is 0 Å². The molecule has 1 rings (SSSR count). The number of nitrogens with one attached hydrogen (secondary N) is 1. The highest BCUT2D eigenvalue weighted by Crippen LogP contribution is 2.24. The molecule has 7 heteroatoms. The highest BCUT2D eigenvalue weighted by Gasteiger charge is 2.24. The van der Waals surface area contributed by atoms with Crippen LogP contribution in [0.5, 0.6) is 0 Å². The maximum absolute atomic E-state index is 12.3. The molecule has 0 saturated heterocycles. The van der Waals surface area contributed by atoms with Gasteiger partial charge in [0.25, 0.3) is 5.69 Å². The van der Waals surface area contributed by atoms with Crippen molar-refractivity contribution in [1.29, 1.82) is 0 Å². The van der Waals surface area contributed by atoms with Crippen LogP contribution >= 0.6 is 0 Å². The maximum Gasteiger partial charge on any atom is 0.273 e. The third-order valence-corrected chi connectivity index (χ3v) is 4.59. The third kappa shape index (κ3) is 3.56. The van der Waals surface area contributed by atoms with Gasteiger partial charge in [0.15, 0.2) is 0 Å². The molecule has 0 spiro atoms. The van der Waals surface area contributed by atoms with Crippen molar-refractivity contribution in [2.75, 3.05) is 0 Å². The Morgan fingerprint density at radius 1 is 1.50 bits per heavy atom. The Kier molecular flexibility index (Phi) is 5.25. The van der Waals surface area contributed by atoms with Crippen LogP contribution in [0.2, 0.25) is 0 Å². The average Bonchev–Trinajstić information content (AvgIpc) is 2.37. The van der Waals surface area contributed by atoms with Gasteiger partial charge < -0.3 is 0 Å². The number of nitrogens with zero attached hydrogens (tertiary/aromatic N) is 1. The molecule has 0 heterocycles. The first kappa shape index (κ1) is 16.1. The molecule has 1 N–H and O–H groups in total. The fourth-order valence-electron chi connectivity index (χ4n) is 1.79. The van der Waals surface area contributed by atoms with E-state index >= 15 is 0 Å². The lowest BCUT2D eigenvalue weighted by Crippen LogP contribution is -2.34. The largest absolute Gasteiger partial charge is 0.273 e. The Morgan fingerprint density at radius 2 is 2.15 bits per heavy atom. The molecule has 1 atom stereocenters. The van der Waals surface area contributed by atoms with E-state index in [0.29, 0.717) is 6.42 Å². The van der Waals surface area contributed by atoms with Crippen molar-refractivity contribution in [2.45, 2.75) is 37.6 Å². The van der Waals surface area contributed by atoms with Gasteiger partial charge in [0.1, 0.15) is 0 Å². The molecule has 1 aromatic rings. The molecule has 0 fully saturated rings.